The Hall–Kier alpha value is -0.830. The van der Waals surface area contributed by atoms with E-state index in [9.17, 15) is 0 Å². The standard InChI is InChI=1S/C12H15BrN2/c1-10-3-2-8-15(10)14-9-11-4-6-12(13)7-5-11/h4-7,9-10H,2-3,8H2,1H3/b14-9+. The number of halogens is 1. The molecule has 3 heteroatoms. The lowest BCUT2D eigenvalue weighted by Gasteiger charge is -2.16. The van der Waals surface area contributed by atoms with Crippen molar-refractivity contribution in [1.82, 2.24) is 5.01 Å². The van der Waals surface area contributed by atoms with Gasteiger partial charge in [-0.2, -0.15) is 5.10 Å². The van der Waals surface area contributed by atoms with Gasteiger partial charge in [-0.1, -0.05) is 28.1 Å². The average molecular weight is 267 g/mol. The maximum atomic E-state index is 4.50. The van der Waals surface area contributed by atoms with Crippen molar-refractivity contribution in [2.45, 2.75) is 25.8 Å². The zero-order chi connectivity index (χ0) is 10.7. The molecule has 1 aromatic rings. The summed E-state index contributed by atoms with van der Waals surface area (Å²) in [6.07, 6.45) is 4.46. The van der Waals surface area contributed by atoms with E-state index in [-0.39, 0.29) is 0 Å². The van der Waals surface area contributed by atoms with E-state index < -0.39 is 0 Å². The summed E-state index contributed by atoms with van der Waals surface area (Å²) in [4.78, 5) is 0. The quantitative estimate of drug-likeness (QED) is 0.751. The summed E-state index contributed by atoms with van der Waals surface area (Å²) in [6, 6.07) is 8.79. The number of hydrogen-bond acceptors (Lipinski definition) is 2. The van der Waals surface area contributed by atoms with Crippen LogP contribution in [0.15, 0.2) is 33.8 Å². The first-order chi connectivity index (χ1) is 7.25. The van der Waals surface area contributed by atoms with Gasteiger partial charge in [0.15, 0.2) is 0 Å². The normalized spacial score (nSPS) is 21.5. The molecule has 1 aliphatic rings. The van der Waals surface area contributed by atoms with Crippen LogP contribution in [0.2, 0.25) is 0 Å². The maximum absolute atomic E-state index is 4.50. The minimum atomic E-state index is 0.594. The molecule has 1 fully saturated rings. The van der Waals surface area contributed by atoms with Gasteiger partial charge < -0.3 is 0 Å². The van der Waals surface area contributed by atoms with Gasteiger partial charge in [0.05, 0.1) is 6.21 Å². The molecule has 0 spiro atoms. The van der Waals surface area contributed by atoms with Crippen molar-refractivity contribution >= 4 is 22.1 Å². The van der Waals surface area contributed by atoms with Crippen molar-refractivity contribution in [3.63, 3.8) is 0 Å². The van der Waals surface area contributed by atoms with Crippen LogP contribution in [0.3, 0.4) is 0 Å². The van der Waals surface area contributed by atoms with Crippen LogP contribution in [0.4, 0.5) is 0 Å². The molecule has 0 aliphatic carbocycles. The molecule has 1 heterocycles. The summed E-state index contributed by atoms with van der Waals surface area (Å²) in [5.74, 6) is 0. The Morgan fingerprint density at radius 2 is 2.13 bits per heavy atom. The molecule has 0 radical (unpaired) electrons. The third-order valence-electron chi connectivity index (χ3n) is 2.74. The fourth-order valence-corrected chi connectivity index (χ4v) is 2.04. The SMILES string of the molecule is CC1CCCN1/N=C/c1ccc(Br)cc1. The molecule has 0 saturated carbocycles. The number of hydrogen-bond donors (Lipinski definition) is 0. The van der Waals surface area contributed by atoms with Gasteiger partial charge in [-0.3, -0.25) is 5.01 Å². The van der Waals surface area contributed by atoms with Gasteiger partial charge in [0.1, 0.15) is 0 Å². The molecule has 0 amide bonds. The summed E-state index contributed by atoms with van der Waals surface area (Å²) < 4.78 is 1.11. The Bertz CT molecular complexity index is 345. The highest BCUT2D eigenvalue weighted by molar-refractivity contribution is 9.10. The van der Waals surface area contributed by atoms with Crippen molar-refractivity contribution < 1.29 is 0 Å². The molecule has 1 atom stereocenters. The van der Waals surface area contributed by atoms with Gasteiger partial charge in [-0.25, -0.2) is 0 Å². The molecule has 0 aromatic heterocycles. The Labute approximate surface area is 99.1 Å². The van der Waals surface area contributed by atoms with Crippen LogP contribution in [0.1, 0.15) is 25.3 Å². The third-order valence-corrected chi connectivity index (χ3v) is 3.27. The molecule has 15 heavy (non-hydrogen) atoms. The van der Waals surface area contributed by atoms with E-state index in [1.165, 1.54) is 12.8 Å². The molecule has 2 rings (SSSR count). The Balaban J connectivity index is 2.01. The van der Waals surface area contributed by atoms with Crippen LogP contribution < -0.4 is 0 Å². The summed E-state index contributed by atoms with van der Waals surface area (Å²) in [7, 11) is 0. The van der Waals surface area contributed by atoms with E-state index in [4.69, 9.17) is 0 Å². The predicted octanol–water partition coefficient (Wildman–Crippen LogP) is 3.27. The fourth-order valence-electron chi connectivity index (χ4n) is 1.78. The van der Waals surface area contributed by atoms with Gasteiger partial charge in [0.2, 0.25) is 0 Å². The van der Waals surface area contributed by atoms with E-state index in [1.54, 1.807) is 0 Å². The summed E-state index contributed by atoms with van der Waals surface area (Å²) in [5, 5.41) is 6.67. The molecule has 1 aromatic carbocycles. The second-order valence-electron chi connectivity index (χ2n) is 3.95. The van der Waals surface area contributed by atoms with Crippen LogP contribution in [0, 0.1) is 0 Å². The average Bonchev–Trinajstić information content (AvgIpc) is 2.63. The monoisotopic (exact) mass is 266 g/mol. The topological polar surface area (TPSA) is 15.6 Å². The van der Waals surface area contributed by atoms with Crippen LogP contribution in [0.25, 0.3) is 0 Å². The van der Waals surface area contributed by atoms with Crippen molar-refractivity contribution in [3.05, 3.63) is 34.3 Å². The summed E-state index contributed by atoms with van der Waals surface area (Å²) in [6.45, 7) is 3.32. The lowest BCUT2D eigenvalue weighted by molar-refractivity contribution is 0.285. The summed E-state index contributed by atoms with van der Waals surface area (Å²) in [5.41, 5.74) is 1.15. The van der Waals surface area contributed by atoms with Crippen molar-refractivity contribution in [2.75, 3.05) is 6.54 Å². The lowest BCUT2D eigenvalue weighted by atomic mass is 10.2. The number of hydrazone groups is 1. The van der Waals surface area contributed by atoms with Crippen LogP contribution in [-0.4, -0.2) is 23.8 Å². The van der Waals surface area contributed by atoms with E-state index in [2.05, 4.69) is 45.1 Å². The van der Waals surface area contributed by atoms with Crippen LogP contribution in [0.5, 0.6) is 0 Å². The van der Waals surface area contributed by atoms with Gasteiger partial charge in [0.25, 0.3) is 0 Å². The van der Waals surface area contributed by atoms with E-state index in [0.717, 1.165) is 16.6 Å². The highest BCUT2D eigenvalue weighted by atomic mass is 79.9. The fraction of sp³-hybridized carbons (Fsp3) is 0.417. The number of benzene rings is 1. The van der Waals surface area contributed by atoms with Crippen molar-refractivity contribution in [2.24, 2.45) is 5.10 Å². The Kier molecular flexibility index (Phi) is 3.41. The lowest BCUT2D eigenvalue weighted by Crippen LogP contribution is -2.20. The highest BCUT2D eigenvalue weighted by Gasteiger charge is 2.17. The smallest absolute Gasteiger partial charge is 0.0543 e. The molecule has 80 valence electrons. The maximum Gasteiger partial charge on any atom is 0.0543 e. The molecule has 1 saturated heterocycles. The van der Waals surface area contributed by atoms with E-state index in [0.29, 0.717) is 6.04 Å². The number of nitrogens with zero attached hydrogens (tertiary/aromatic N) is 2. The van der Waals surface area contributed by atoms with E-state index >= 15 is 0 Å². The second kappa shape index (κ2) is 4.79. The summed E-state index contributed by atoms with van der Waals surface area (Å²) >= 11 is 3.42. The van der Waals surface area contributed by atoms with Gasteiger partial charge in [-0.15, -0.1) is 0 Å². The van der Waals surface area contributed by atoms with Gasteiger partial charge in [0, 0.05) is 17.1 Å². The Morgan fingerprint density at radius 3 is 2.73 bits per heavy atom. The predicted molar refractivity (Wildman–Crippen MR) is 67.1 cm³/mol. The van der Waals surface area contributed by atoms with Crippen molar-refractivity contribution in [1.29, 1.82) is 0 Å². The molecule has 2 nitrogen and oxygen atoms in total. The first kappa shape index (κ1) is 10.7. The zero-order valence-electron chi connectivity index (χ0n) is 8.86. The molecular weight excluding hydrogens is 252 g/mol. The largest absolute Gasteiger partial charge is 0.294 e. The highest BCUT2D eigenvalue weighted by Crippen LogP contribution is 2.16. The molecule has 1 aliphatic heterocycles. The van der Waals surface area contributed by atoms with Gasteiger partial charge >= 0.3 is 0 Å². The van der Waals surface area contributed by atoms with Crippen LogP contribution >= 0.6 is 15.9 Å². The number of rotatable bonds is 2. The van der Waals surface area contributed by atoms with Crippen molar-refractivity contribution in [3.8, 4) is 0 Å². The van der Waals surface area contributed by atoms with E-state index in [1.807, 2.05) is 18.3 Å². The molecule has 0 bridgehead atoms. The second-order valence-corrected chi connectivity index (χ2v) is 4.87. The first-order valence-corrected chi connectivity index (χ1v) is 6.11. The van der Waals surface area contributed by atoms with Gasteiger partial charge in [-0.05, 0) is 37.5 Å². The Morgan fingerprint density at radius 1 is 1.40 bits per heavy atom. The molecule has 0 N–H and O–H groups in total. The molecule has 1 unspecified atom stereocenters. The zero-order valence-corrected chi connectivity index (χ0v) is 10.4. The first-order valence-electron chi connectivity index (χ1n) is 5.32. The third kappa shape index (κ3) is 2.81. The minimum Gasteiger partial charge on any atom is -0.294 e. The minimum absolute atomic E-state index is 0.594. The van der Waals surface area contributed by atoms with Crippen LogP contribution in [-0.2, 0) is 0 Å². The molecular formula is C12H15BrN2.